The number of aromatic amines is 1. The molecule has 3 heterocycles. The summed E-state index contributed by atoms with van der Waals surface area (Å²) in [5.74, 6) is 0. The van der Waals surface area contributed by atoms with Crippen LogP contribution in [0.15, 0.2) is 24.2 Å². The monoisotopic (exact) mass is 269 g/mol. The third kappa shape index (κ3) is 1.89. The fourth-order valence-electron chi connectivity index (χ4n) is 2.00. The van der Waals surface area contributed by atoms with E-state index in [2.05, 4.69) is 20.8 Å². The van der Waals surface area contributed by atoms with Gasteiger partial charge in [0.1, 0.15) is 5.65 Å². The van der Waals surface area contributed by atoms with E-state index >= 15 is 0 Å². The molecule has 8 heteroatoms. The molecule has 0 amide bonds. The lowest BCUT2D eigenvalue weighted by molar-refractivity contribution is -0.137. The van der Waals surface area contributed by atoms with Gasteiger partial charge in [-0.15, -0.1) is 0 Å². The number of H-pyrrole nitrogens is 1. The number of hydrogen-bond acceptors (Lipinski definition) is 4. The third-order valence-corrected chi connectivity index (χ3v) is 2.94. The van der Waals surface area contributed by atoms with Crippen molar-refractivity contribution in [2.45, 2.75) is 6.18 Å². The number of pyridine rings is 1. The van der Waals surface area contributed by atoms with Gasteiger partial charge in [0.15, 0.2) is 0 Å². The van der Waals surface area contributed by atoms with Crippen LogP contribution in [-0.4, -0.2) is 16.5 Å². The van der Waals surface area contributed by atoms with Crippen LogP contribution < -0.4 is 16.6 Å². The summed E-state index contributed by atoms with van der Waals surface area (Å²) in [6, 6.07) is 1.06. The Balaban J connectivity index is 2.19. The van der Waals surface area contributed by atoms with Crippen LogP contribution >= 0.6 is 0 Å². The molecule has 0 saturated heterocycles. The van der Waals surface area contributed by atoms with E-state index in [9.17, 15) is 13.2 Å². The summed E-state index contributed by atoms with van der Waals surface area (Å²) < 4.78 is 38.1. The smallest absolute Gasteiger partial charge is 0.399 e. The van der Waals surface area contributed by atoms with Crippen molar-refractivity contribution in [2.75, 3.05) is 6.54 Å². The number of alkyl halides is 3. The van der Waals surface area contributed by atoms with E-state index in [1.54, 1.807) is 6.20 Å². The first kappa shape index (κ1) is 11.8. The molecule has 2 aromatic heterocycles. The van der Waals surface area contributed by atoms with Gasteiger partial charge in [0.05, 0.1) is 17.8 Å². The summed E-state index contributed by atoms with van der Waals surface area (Å²) >= 11 is 0. The Morgan fingerprint density at radius 3 is 2.74 bits per heavy atom. The molecule has 0 spiro atoms. The second kappa shape index (κ2) is 3.89. The fourth-order valence-corrected chi connectivity index (χ4v) is 2.00. The molecular weight excluding hydrogens is 259 g/mol. The Labute approximate surface area is 105 Å². The fraction of sp³-hybridized carbons (Fsp3) is 0.182. The summed E-state index contributed by atoms with van der Waals surface area (Å²) in [4.78, 5) is 6.61. The highest BCUT2D eigenvalue weighted by Crippen LogP contribution is 2.32. The van der Waals surface area contributed by atoms with Crippen molar-refractivity contribution in [3.05, 3.63) is 35.3 Å². The summed E-state index contributed by atoms with van der Waals surface area (Å²) in [6.45, 7) is 0.439. The third-order valence-electron chi connectivity index (χ3n) is 2.94. The Morgan fingerprint density at radius 2 is 2.11 bits per heavy atom. The lowest BCUT2D eigenvalue weighted by Gasteiger charge is -2.07. The van der Waals surface area contributed by atoms with Gasteiger partial charge in [-0.1, -0.05) is 0 Å². The summed E-state index contributed by atoms with van der Waals surface area (Å²) in [5, 5.41) is 0.379. The highest BCUT2D eigenvalue weighted by molar-refractivity contribution is 5.91. The van der Waals surface area contributed by atoms with Crippen molar-refractivity contribution in [1.82, 2.24) is 20.8 Å². The van der Waals surface area contributed by atoms with Crippen LogP contribution in [-0.2, 0) is 6.18 Å². The normalized spacial score (nSPS) is 16.2. The van der Waals surface area contributed by atoms with Crippen molar-refractivity contribution in [3.8, 4) is 0 Å². The molecule has 0 unspecified atom stereocenters. The molecule has 100 valence electrons. The number of nitrogens with two attached hydrogens (primary N) is 1. The van der Waals surface area contributed by atoms with Crippen LogP contribution in [0.5, 0.6) is 0 Å². The number of halogens is 3. The van der Waals surface area contributed by atoms with Crippen LogP contribution in [0.4, 0.5) is 13.2 Å². The molecule has 0 bridgehead atoms. The SMILES string of the molecule is NC1=C(c2c[nH]c3ncc(C(F)(F)F)cc23)NNC1. The van der Waals surface area contributed by atoms with Crippen LogP contribution in [0, 0.1) is 0 Å². The van der Waals surface area contributed by atoms with E-state index in [0.29, 0.717) is 34.5 Å². The van der Waals surface area contributed by atoms with Gasteiger partial charge in [-0.25, -0.2) is 10.4 Å². The number of fused-ring (bicyclic) bond motifs is 1. The van der Waals surface area contributed by atoms with Crippen LogP contribution in [0.1, 0.15) is 11.1 Å². The minimum Gasteiger partial charge on any atom is -0.399 e. The Bertz CT molecular complexity index is 671. The van der Waals surface area contributed by atoms with Gasteiger partial charge in [0.25, 0.3) is 0 Å². The van der Waals surface area contributed by atoms with E-state index in [1.807, 2.05) is 0 Å². The first-order chi connectivity index (χ1) is 8.97. The second-order valence-electron chi connectivity index (χ2n) is 4.20. The maximum atomic E-state index is 12.7. The Kier molecular flexibility index (Phi) is 2.42. The predicted molar refractivity (Wildman–Crippen MR) is 63.3 cm³/mol. The van der Waals surface area contributed by atoms with Crippen LogP contribution in [0.25, 0.3) is 16.7 Å². The zero-order valence-electron chi connectivity index (χ0n) is 9.60. The number of hydrazine groups is 1. The average molecular weight is 269 g/mol. The minimum atomic E-state index is -4.42. The topological polar surface area (TPSA) is 78.8 Å². The molecule has 19 heavy (non-hydrogen) atoms. The zero-order chi connectivity index (χ0) is 13.6. The van der Waals surface area contributed by atoms with Crippen molar-refractivity contribution in [3.63, 3.8) is 0 Å². The number of rotatable bonds is 1. The van der Waals surface area contributed by atoms with Crippen molar-refractivity contribution in [1.29, 1.82) is 0 Å². The van der Waals surface area contributed by atoms with Gasteiger partial charge >= 0.3 is 6.18 Å². The molecule has 0 saturated carbocycles. The van der Waals surface area contributed by atoms with Gasteiger partial charge in [0, 0.05) is 29.0 Å². The van der Waals surface area contributed by atoms with E-state index in [-0.39, 0.29) is 0 Å². The van der Waals surface area contributed by atoms with Gasteiger partial charge in [-0.05, 0) is 6.07 Å². The lowest BCUT2D eigenvalue weighted by Crippen LogP contribution is -2.23. The van der Waals surface area contributed by atoms with E-state index in [4.69, 9.17) is 5.73 Å². The van der Waals surface area contributed by atoms with Crippen LogP contribution in [0.2, 0.25) is 0 Å². The predicted octanol–water partition coefficient (Wildman–Crippen LogP) is 1.32. The Hall–Kier alpha value is -2.22. The van der Waals surface area contributed by atoms with E-state index in [1.165, 1.54) is 0 Å². The highest BCUT2D eigenvalue weighted by Gasteiger charge is 2.31. The second-order valence-corrected chi connectivity index (χ2v) is 4.20. The Morgan fingerprint density at radius 1 is 1.32 bits per heavy atom. The number of nitrogens with zero attached hydrogens (tertiary/aromatic N) is 1. The van der Waals surface area contributed by atoms with Gasteiger partial charge in [0.2, 0.25) is 0 Å². The lowest BCUT2D eigenvalue weighted by atomic mass is 10.1. The van der Waals surface area contributed by atoms with E-state index < -0.39 is 11.7 Å². The number of aromatic nitrogens is 2. The quantitative estimate of drug-likeness (QED) is 0.629. The molecule has 0 radical (unpaired) electrons. The van der Waals surface area contributed by atoms with Gasteiger partial charge in [-0.3, -0.25) is 0 Å². The molecular formula is C11H10F3N5. The molecule has 5 nitrogen and oxygen atoms in total. The highest BCUT2D eigenvalue weighted by atomic mass is 19.4. The van der Waals surface area contributed by atoms with E-state index in [0.717, 1.165) is 12.3 Å². The maximum Gasteiger partial charge on any atom is 0.417 e. The largest absolute Gasteiger partial charge is 0.417 e. The van der Waals surface area contributed by atoms with Crippen molar-refractivity contribution in [2.24, 2.45) is 5.73 Å². The minimum absolute atomic E-state index is 0.379. The summed E-state index contributed by atoms with van der Waals surface area (Å²) in [5.41, 5.74) is 12.7. The number of hydrogen-bond donors (Lipinski definition) is 4. The molecule has 2 aromatic rings. The maximum absolute atomic E-state index is 12.7. The average Bonchev–Trinajstić information content (AvgIpc) is 2.92. The number of nitrogens with one attached hydrogen (secondary N) is 3. The molecule has 0 atom stereocenters. The molecule has 0 fully saturated rings. The molecule has 0 aromatic carbocycles. The molecule has 1 aliphatic heterocycles. The molecule has 5 N–H and O–H groups in total. The van der Waals surface area contributed by atoms with Crippen LogP contribution in [0.3, 0.4) is 0 Å². The molecule has 0 aliphatic carbocycles. The standard InChI is InChI=1S/C11H10F3N5/c12-11(13,14)5-1-6-7(3-17-10(6)16-2-5)9-8(15)4-18-19-9/h1-3,18-19H,4,15H2,(H,16,17). The summed E-state index contributed by atoms with van der Waals surface area (Å²) in [7, 11) is 0. The van der Waals surface area contributed by atoms with Crippen molar-refractivity contribution < 1.29 is 13.2 Å². The van der Waals surface area contributed by atoms with Gasteiger partial charge in [-0.2, -0.15) is 13.2 Å². The van der Waals surface area contributed by atoms with Gasteiger partial charge < -0.3 is 16.1 Å². The first-order valence-electron chi connectivity index (χ1n) is 5.49. The first-order valence-corrected chi connectivity index (χ1v) is 5.49. The molecule has 3 rings (SSSR count). The van der Waals surface area contributed by atoms with Crippen molar-refractivity contribution >= 4 is 16.7 Å². The molecule has 1 aliphatic rings. The zero-order valence-corrected chi connectivity index (χ0v) is 9.60. The summed E-state index contributed by atoms with van der Waals surface area (Å²) in [6.07, 6.45) is -2.03.